The first-order valence-corrected chi connectivity index (χ1v) is 9.25. The van der Waals surface area contributed by atoms with Gasteiger partial charge in [0.05, 0.1) is 23.7 Å². The predicted octanol–water partition coefficient (Wildman–Crippen LogP) is 3.28. The van der Waals surface area contributed by atoms with Crippen LogP contribution in [0.1, 0.15) is 49.0 Å². The molecule has 1 saturated heterocycles. The zero-order chi connectivity index (χ0) is 18.4. The van der Waals surface area contributed by atoms with E-state index in [1.54, 1.807) is 13.2 Å². The number of rotatable bonds is 4. The highest BCUT2D eigenvalue weighted by Crippen LogP contribution is 2.43. The lowest BCUT2D eigenvalue weighted by atomic mass is 9.99. The highest BCUT2D eigenvalue weighted by molar-refractivity contribution is 5.96. The summed E-state index contributed by atoms with van der Waals surface area (Å²) in [7, 11) is 1.62. The van der Waals surface area contributed by atoms with Crippen LogP contribution in [0.15, 0.2) is 23.1 Å². The molecule has 0 radical (unpaired) electrons. The molecule has 26 heavy (non-hydrogen) atoms. The number of fused-ring (bicyclic) bond motifs is 1. The number of piperidine rings is 1. The normalized spacial score (nSPS) is 20.4. The molecule has 0 bridgehead atoms. The molecule has 1 saturated carbocycles. The van der Waals surface area contributed by atoms with Crippen molar-refractivity contribution in [1.82, 2.24) is 4.57 Å². The summed E-state index contributed by atoms with van der Waals surface area (Å²) >= 11 is 0. The van der Waals surface area contributed by atoms with Gasteiger partial charge in [-0.25, -0.2) is 4.79 Å². The van der Waals surface area contributed by atoms with Crippen molar-refractivity contribution < 1.29 is 14.6 Å². The van der Waals surface area contributed by atoms with Gasteiger partial charge in [-0.05, 0) is 43.7 Å². The SMILES string of the molecule is COc1c(N2CCC[C@H](C)C2)ccc2c(=O)c(C(=O)O)cn(C3CC3)c12. The Morgan fingerprint density at radius 2 is 2.04 bits per heavy atom. The van der Waals surface area contributed by atoms with Gasteiger partial charge >= 0.3 is 5.97 Å². The van der Waals surface area contributed by atoms with Crippen LogP contribution in [0.3, 0.4) is 0 Å². The number of hydrogen-bond acceptors (Lipinski definition) is 4. The Hall–Kier alpha value is -2.50. The molecule has 1 N–H and O–H groups in total. The van der Waals surface area contributed by atoms with E-state index in [1.165, 1.54) is 12.6 Å². The number of nitrogens with zero attached hydrogens (tertiary/aromatic N) is 2. The average Bonchev–Trinajstić information content (AvgIpc) is 3.46. The zero-order valence-electron chi connectivity index (χ0n) is 15.2. The smallest absolute Gasteiger partial charge is 0.341 e. The number of carboxylic acids is 1. The number of carboxylic acid groups (broad SMARTS) is 1. The summed E-state index contributed by atoms with van der Waals surface area (Å²) in [5, 5.41) is 9.83. The Kier molecular flexibility index (Phi) is 4.13. The summed E-state index contributed by atoms with van der Waals surface area (Å²) in [6.45, 7) is 4.18. The number of carbonyl (C=O) groups is 1. The van der Waals surface area contributed by atoms with Gasteiger partial charge in [0.2, 0.25) is 5.43 Å². The molecule has 6 heteroatoms. The summed E-state index contributed by atoms with van der Waals surface area (Å²) < 4.78 is 7.71. The van der Waals surface area contributed by atoms with E-state index >= 15 is 0 Å². The zero-order valence-corrected chi connectivity index (χ0v) is 15.2. The molecule has 0 amide bonds. The number of hydrogen-bond donors (Lipinski definition) is 1. The Bertz CT molecular complexity index is 930. The minimum atomic E-state index is -1.18. The molecule has 2 heterocycles. The van der Waals surface area contributed by atoms with Crippen molar-refractivity contribution in [2.24, 2.45) is 5.92 Å². The summed E-state index contributed by atoms with van der Waals surface area (Å²) in [5.74, 6) is 0.112. The van der Waals surface area contributed by atoms with Crippen molar-refractivity contribution >= 4 is 22.6 Å². The minimum Gasteiger partial charge on any atom is -0.492 e. The molecule has 1 aliphatic carbocycles. The maximum absolute atomic E-state index is 12.7. The molecular weight excluding hydrogens is 332 g/mol. The molecule has 0 spiro atoms. The van der Waals surface area contributed by atoms with Crippen LogP contribution in [0.25, 0.3) is 10.9 Å². The second-order valence-corrected chi connectivity index (χ2v) is 7.52. The number of ether oxygens (including phenoxy) is 1. The van der Waals surface area contributed by atoms with Gasteiger partial charge in [0.25, 0.3) is 0 Å². The Morgan fingerprint density at radius 1 is 1.27 bits per heavy atom. The molecule has 1 aromatic heterocycles. The Labute approximate surface area is 152 Å². The standard InChI is InChI=1S/C20H24N2O4/c1-12-4-3-9-21(10-12)16-8-7-14-17(19(16)26-2)22(13-5-6-13)11-15(18(14)23)20(24)25/h7-8,11-13H,3-6,9-10H2,1-2H3,(H,24,25)/t12-/m0/s1. The minimum absolute atomic E-state index is 0.175. The molecular formula is C20H24N2O4. The lowest BCUT2D eigenvalue weighted by Crippen LogP contribution is -2.34. The van der Waals surface area contributed by atoms with E-state index in [0.717, 1.165) is 43.6 Å². The topological polar surface area (TPSA) is 71.8 Å². The highest BCUT2D eigenvalue weighted by atomic mass is 16.5. The van der Waals surface area contributed by atoms with E-state index in [0.29, 0.717) is 17.1 Å². The van der Waals surface area contributed by atoms with Crippen LogP contribution in [0, 0.1) is 5.92 Å². The van der Waals surface area contributed by atoms with E-state index in [2.05, 4.69) is 11.8 Å². The maximum Gasteiger partial charge on any atom is 0.341 e. The number of methoxy groups -OCH3 is 1. The summed E-state index contributed by atoms with van der Waals surface area (Å²) in [6.07, 6.45) is 5.84. The van der Waals surface area contributed by atoms with Crippen LogP contribution < -0.4 is 15.1 Å². The maximum atomic E-state index is 12.7. The van der Waals surface area contributed by atoms with Crippen LogP contribution in [-0.2, 0) is 0 Å². The van der Waals surface area contributed by atoms with Gasteiger partial charge in [0.15, 0.2) is 5.75 Å². The summed E-state index contributed by atoms with van der Waals surface area (Å²) in [5.41, 5.74) is 1.09. The molecule has 138 valence electrons. The number of pyridine rings is 1. The molecule has 2 fully saturated rings. The second-order valence-electron chi connectivity index (χ2n) is 7.52. The van der Waals surface area contributed by atoms with E-state index in [4.69, 9.17) is 4.74 Å². The largest absolute Gasteiger partial charge is 0.492 e. The van der Waals surface area contributed by atoms with Gasteiger partial charge in [-0.15, -0.1) is 0 Å². The van der Waals surface area contributed by atoms with Gasteiger partial charge in [-0.2, -0.15) is 0 Å². The Balaban J connectivity index is 1.97. The van der Waals surface area contributed by atoms with Gasteiger partial charge in [-0.1, -0.05) is 6.92 Å². The number of anilines is 1. The van der Waals surface area contributed by atoms with Crippen molar-refractivity contribution in [3.63, 3.8) is 0 Å². The van der Waals surface area contributed by atoms with Crippen LogP contribution in [0.4, 0.5) is 5.69 Å². The van der Waals surface area contributed by atoms with E-state index in [-0.39, 0.29) is 11.6 Å². The number of benzene rings is 1. The predicted molar refractivity (Wildman–Crippen MR) is 101 cm³/mol. The van der Waals surface area contributed by atoms with Crippen molar-refractivity contribution in [1.29, 1.82) is 0 Å². The first kappa shape index (κ1) is 16.9. The molecule has 1 aromatic carbocycles. The summed E-state index contributed by atoms with van der Waals surface area (Å²) in [4.78, 5) is 26.5. The van der Waals surface area contributed by atoms with E-state index in [1.807, 2.05) is 10.6 Å². The van der Waals surface area contributed by atoms with Crippen molar-refractivity contribution in [2.75, 3.05) is 25.1 Å². The van der Waals surface area contributed by atoms with Crippen molar-refractivity contribution in [3.8, 4) is 5.75 Å². The van der Waals surface area contributed by atoms with Crippen LogP contribution in [-0.4, -0.2) is 35.8 Å². The summed E-state index contributed by atoms with van der Waals surface area (Å²) in [6, 6.07) is 3.91. The fourth-order valence-electron chi connectivity index (χ4n) is 4.06. The molecule has 2 aromatic rings. The highest BCUT2D eigenvalue weighted by Gasteiger charge is 2.30. The average molecular weight is 356 g/mol. The first-order chi connectivity index (χ1) is 12.5. The number of aromatic carboxylic acids is 1. The van der Waals surface area contributed by atoms with Gasteiger partial charge < -0.3 is 19.3 Å². The van der Waals surface area contributed by atoms with E-state index in [9.17, 15) is 14.7 Å². The lowest BCUT2D eigenvalue weighted by Gasteiger charge is -2.34. The third-order valence-electron chi connectivity index (χ3n) is 5.50. The molecule has 1 aliphatic heterocycles. The monoisotopic (exact) mass is 356 g/mol. The van der Waals surface area contributed by atoms with Gasteiger partial charge in [-0.3, -0.25) is 4.79 Å². The number of aromatic nitrogens is 1. The van der Waals surface area contributed by atoms with Crippen LogP contribution in [0.5, 0.6) is 5.75 Å². The van der Waals surface area contributed by atoms with Crippen LogP contribution in [0.2, 0.25) is 0 Å². The quantitative estimate of drug-likeness (QED) is 0.910. The van der Waals surface area contributed by atoms with Crippen molar-refractivity contribution in [2.45, 2.75) is 38.6 Å². The molecule has 0 unspecified atom stereocenters. The molecule has 2 aliphatic rings. The van der Waals surface area contributed by atoms with E-state index < -0.39 is 11.4 Å². The molecule has 6 nitrogen and oxygen atoms in total. The first-order valence-electron chi connectivity index (χ1n) is 9.25. The molecule has 4 rings (SSSR count). The fourth-order valence-corrected chi connectivity index (χ4v) is 4.06. The van der Waals surface area contributed by atoms with Crippen LogP contribution >= 0.6 is 0 Å². The fraction of sp³-hybridized carbons (Fsp3) is 0.500. The second kappa shape index (κ2) is 6.34. The Morgan fingerprint density at radius 3 is 2.65 bits per heavy atom. The molecule has 1 atom stereocenters. The lowest BCUT2D eigenvalue weighted by molar-refractivity contribution is 0.0695. The third-order valence-corrected chi connectivity index (χ3v) is 5.50. The van der Waals surface area contributed by atoms with Gasteiger partial charge in [0, 0.05) is 25.3 Å². The van der Waals surface area contributed by atoms with Crippen molar-refractivity contribution in [3.05, 3.63) is 34.1 Å². The third kappa shape index (κ3) is 2.73. The van der Waals surface area contributed by atoms with Gasteiger partial charge in [0.1, 0.15) is 5.56 Å².